The summed E-state index contributed by atoms with van der Waals surface area (Å²) in [6, 6.07) is 22.0. The monoisotopic (exact) mass is 364 g/mol. The van der Waals surface area contributed by atoms with Gasteiger partial charge in [-0.1, -0.05) is 48.5 Å². The largest absolute Gasteiger partial charge is 0.489 e. The number of aryl methyl sites for hydroxylation is 1. The molecule has 27 heavy (non-hydrogen) atoms. The van der Waals surface area contributed by atoms with Gasteiger partial charge in [0.1, 0.15) is 18.2 Å². The highest BCUT2D eigenvalue weighted by atomic mass is 19.1. The second-order valence-electron chi connectivity index (χ2n) is 6.19. The SMILES string of the molecule is COC(=O)CCc1ccc(OCc2cccc(-c3ccccc3F)c2)cc1. The Bertz CT molecular complexity index is 904. The van der Waals surface area contributed by atoms with Crippen LogP contribution < -0.4 is 4.74 Å². The first-order chi connectivity index (χ1) is 13.2. The lowest BCUT2D eigenvalue weighted by Crippen LogP contribution is -2.02. The van der Waals surface area contributed by atoms with E-state index >= 15 is 0 Å². The summed E-state index contributed by atoms with van der Waals surface area (Å²) in [4.78, 5) is 11.2. The van der Waals surface area contributed by atoms with Crippen molar-refractivity contribution in [1.82, 2.24) is 0 Å². The average Bonchev–Trinajstić information content (AvgIpc) is 2.71. The van der Waals surface area contributed by atoms with E-state index in [1.807, 2.05) is 54.6 Å². The third kappa shape index (κ3) is 5.17. The maximum Gasteiger partial charge on any atom is 0.305 e. The van der Waals surface area contributed by atoms with E-state index < -0.39 is 0 Å². The molecule has 0 aromatic heterocycles. The predicted molar refractivity (Wildman–Crippen MR) is 103 cm³/mol. The van der Waals surface area contributed by atoms with Crippen molar-refractivity contribution >= 4 is 5.97 Å². The molecule has 0 radical (unpaired) electrons. The molecule has 3 rings (SSSR count). The van der Waals surface area contributed by atoms with Crippen LogP contribution in [0.25, 0.3) is 11.1 Å². The van der Waals surface area contributed by atoms with Crippen molar-refractivity contribution in [2.45, 2.75) is 19.4 Å². The van der Waals surface area contributed by atoms with Gasteiger partial charge in [-0.2, -0.15) is 0 Å². The molecule has 0 saturated heterocycles. The zero-order chi connectivity index (χ0) is 19.1. The van der Waals surface area contributed by atoms with Crippen molar-refractivity contribution in [3.63, 3.8) is 0 Å². The van der Waals surface area contributed by atoms with Crippen molar-refractivity contribution in [3.8, 4) is 16.9 Å². The summed E-state index contributed by atoms with van der Waals surface area (Å²) < 4.78 is 24.4. The zero-order valence-corrected chi connectivity index (χ0v) is 15.2. The molecular weight excluding hydrogens is 343 g/mol. The van der Waals surface area contributed by atoms with Crippen LogP contribution in [0.15, 0.2) is 72.8 Å². The van der Waals surface area contributed by atoms with Gasteiger partial charge in [-0.15, -0.1) is 0 Å². The Labute approximate surface area is 158 Å². The number of carbonyl (C=O) groups is 1. The first kappa shape index (κ1) is 18.6. The maximum absolute atomic E-state index is 14.0. The highest BCUT2D eigenvalue weighted by Crippen LogP contribution is 2.24. The first-order valence-corrected chi connectivity index (χ1v) is 8.78. The number of methoxy groups -OCH3 is 1. The van der Waals surface area contributed by atoms with Gasteiger partial charge in [-0.3, -0.25) is 4.79 Å². The van der Waals surface area contributed by atoms with E-state index in [2.05, 4.69) is 4.74 Å². The summed E-state index contributed by atoms with van der Waals surface area (Å²) in [6.45, 7) is 0.393. The number of esters is 1. The zero-order valence-electron chi connectivity index (χ0n) is 15.2. The number of benzene rings is 3. The Balaban J connectivity index is 1.61. The molecule has 0 spiro atoms. The number of halogens is 1. The number of hydrogen-bond donors (Lipinski definition) is 0. The topological polar surface area (TPSA) is 35.5 Å². The molecular formula is C23H21FO3. The smallest absolute Gasteiger partial charge is 0.305 e. The molecule has 3 nitrogen and oxygen atoms in total. The van der Waals surface area contributed by atoms with Crippen LogP contribution in [0.1, 0.15) is 17.5 Å². The minimum absolute atomic E-state index is 0.218. The number of carbonyl (C=O) groups excluding carboxylic acids is 1. The Kier molecular flexibility index (Phi) is 6.21. The van der Waals surface area contributed by atoms with Crippen molar-refractivity contribution in [2.75, 3.05) is 7.11 Å². The molecule has 4 heteroatoms. The van der Waals surface area contributed by atoms with Gasteiger partial charge in [0.25, 0.3) is 0 Å². The van der Waals surface area contributed by atoms with E-state index in [1.165, 1.54) is 13.2 Å². The summed E-state index contributed by atoms with van der Waals surface area (Å²) in [5.74, 6) is 0.288. The van der Waals surface area contributed by atoms with Crippen LogP contribution in [0, 0.1) is 5.82 Å². The quantitative estimate of drug-likeness (QED) is 0.542. The molecule has 0 aliphatic heterocycles. The second kappa shape index (κ2) is 8.99. The molecule has 138 valence electrons. The second-order valence-corrected chi connectivity index (χ2v) is 6.19. The molecule has 0 saturated carbocycles. The molecule has 3 aromatic carbocycles. The van der Waals surface area contributed by atoms with Gasteiger partial charge in [-0.05, 0) is 47.4 Å². The molecule has 0 amide bonds. The summed E-state index contributed by atoms with van der Waals surface area (Å²) in [5.41, 5.74) is 3.42. The Hall–Kier alpha value is -3.14. The number of hydrogen-bond acceptors (Lipinski definition) is 3. The first-order valence-electron chi connectivity index (χ1n) is 8.78. The lowest BCUT2D eigenvalue weighted by molar-refractivity contribution is -0.140. The lowest BCUT2D eigenvalue weighted by atomic mass is 10.0. The number of ether oxygens (including phenoxy) is 2. The minimum Gasteiger partial charge on any atom is -0.489 e. The van der Waals surface area contributed by atoms with Crippen LogP contribution in [-0.4, -0.2) is 13.1 Å². The van der Waals surface area contributed by atoms with Gasteiger partial charge >= 0.3 is 5.97 Å². The van der Waals surface area contributed by atoms with E-state index in [-0.39, 0.29) is 11.8 Å². The highest BCUT2D eigenvalue weighted by molar-refractivity contribution is 5.69. The Morgan fingerprint density at radius 3 is 2.44 bits per heavy atom. The fraction of sp³-hybridized carbons (Fsp3) is 0.174. The van der Waals surface area contributed by atoms with Gasteiger partial charge in [0.05, 0.1) is 7.11 Å². The highest BCUT2D eigenvalue weighted by Gasteiger charge is 2.06. The molecule has 0 aliphatic rings. The van der Waals surface area contributed by atoms with Crippen molar-refractivity contribution in [3.05, 3.63) is 89.7 Å². The van der Waals surface area contributed by atoms with Crippen LogP contribution in [0.3, 0.4) is 0 Å². The minimum atomic E-state index is -0.238. The van der Waals surface area contributed by atoms with E-state index in [9.17, 15) is 9.18 Å². The summed E-state index contributed by atoms with van der Waals surface area (Å²) in [7, 11) is 1.39. The summed E-state index contributed by atoms with van der Waals surface area (Å²) >= 11 is 0. The standard InChI is InChI=1S/C23H21FO3/c1-26-23(25)14-11-17-9-12-20(13-10-17)27-16-18-5-4-6-19(15-18)21-7-2-3-8-22(21)24/h2-10,12-13,15H,11,14,16H2,1H3. The van der Waals surface area contributed by atoms with Crippen LogP contribution in [0.2, 0.25) is 0 Å². The molecule has 0 aliphatic carbocycles. The third-order valence-electron chi connectivity index (χ3n) is 4.29. The molecule has 0 fully saturated rings. The molecule has 0 heterocycles. The molecule has 0 N–H and O–H groups in total. The van der Waals surface area contributed by atoms with Crippen molar-refractivity contribution in [1.29, 1.82) is 0 Å². The van der Waals surface area contributed by atoms with Crippen molar-refractivity contribution < 1.29 is 18.7 Å². The van der Waals surface area contributed by atoms with E-state index in [4.69, 9.17) is 4.74 Å². The fourth-order valence-corrected chi connectivity index (χ4v) is 2.79. The van der Waals surface area contributed by atoms with Gasteiger partial charge in [0.2, 0.25) is 0 Å². The summed E-state index contributed by atoms with van der Waals surface area (Å²) in [6.07, 6.45) is 0.997. The van der Waals surface area contributed by atoms with E-state index in [0.29, 0.717) is 25.0 Å². The molecule has 0 bridgehead atoms. The van der Waals surface area contributed by atoms with E-state index in [0.717, 1.165) is 22.4 Å². The lowest BCUT2D eigenvalue weighted by Gasteiger charge is -2.09. The van der Waals surface area contributed by atoms with Crippen molar-refractivity contribution in [2.24, 2.45) is 0 Å². The predicted octanol–water partition coefficient (Wildman–Crippen LogP) is 5.18. The van der Waals surface area contributed by atoms with Gasteiger partial charge in [-0.25, -0.2) is 4.39 Å². The molecule has 0 atom stereocenters. The van der Waals surface area contributed by atoms with Gasteiger partial charge < -0.3 is 9.47 Å². The maximum atomic E-state index is 14.0. The molecule has 0 unspecified atom stereocenters. The van der Waals surface area contributed by atoms with Gasteiger partial charge in [0.15, 0.2) is 0 Å². The summed E-state index contributed by atoms with van der Waals surface area (Å²) in [5, 5.41) is 0. The van der Waals surface area contributed by atoms with Crippen LogP contribution >= 0.6 is 0 Å². The average molecular weight is 364 g/mol. The van der Waals surface area contributed by atoms with Gasteiger partial charge in [0, 0.05) is 12.0 Å². The van der Waals surface area contributed by atoms with Crippen LogP contribution in [0.4, 0.5) is 4.39 Å². The third-order valence-corrected chi connectivity index (χ3v) is 4.29. The normalized spacial score (nSPS) is 10.4. The van der Waals surface area contributed by atoms with Crippen LogP contribution in [-0.2, 0) is 22.6 Å². The van der Waals surface area contributed by atoms with Crippen LogP contribution in [0.5, 0.6) is 5.75 Å². The Morgan fingerprint density at radius 2 is 1.70 bits per heavy atom. The number of rotatable bonds is 7. The van der Waals surface area contributed by atoms with E-state index in [1.54, 1.807) is 12.1 Å². The fourth-order valence-electron chi connectivity index (χ4n) is 2.79. The molecule has 3 aromatic rings. The Morgan fingerprint density at radius 1 is 0.926 bits per heavy atom.